The molecule has 0 fully saturated rings. The molecule has 0 aliphatic rings. The van der Waals surface area contributed by atoms with Gasteiger partial charge in [0.1, 0.15) is 11.5 Å². The van der Waals surface area contributed by atoms with Gasteiger partial charge in [-0.15, -0.1) is 0 Å². The molecule has 0 unspecified atom stereocenters. The minimum absolute atomic E-state index is 0.209. The minimum atomic E-state index is -0.316. The van der Waals surface area contributed by atoms with Gasteiger partial charge in [-0.2, -0.15) is 0 Å². The van der Waals surface area contributed by atoms with Crippen molar-refractivity contribution in [3.63, 3.8) is 0 Å². The second-order valence-corrected chi connectivity index (χ2v) is 4.80. The summed E-state index contributed by atoms with van der Waals surface area (Å²) >= 11 is 0. The fourth-order valence-electron chi connectivity index (χ4n) is 2.29. The number of amides is 1. The third kappa shape index (κ3) is 2.63. The van der Waals surface area contributed by atoms with Crippen molar-refractivity contribution in [1.29, 1.82) is 0 Å². The van der Waals surface area contributed by atoms with Crippen LogP contribution in [0.2, 0.25) is 0 Å². The molecule has 0 saturated carbocycles. The smallest absolute Gasteiger partial charge is 0.268 e. The topological polar surface area (TPSA) is 46.9 Å². The molecule has 0 spiro atoms. The predicted octanol–water partition coefficient (Wildman–Crippen LogP) is 2.64. The molecule has 0 radical (unpaired) electrons. The van der Waals surface area contributed by atoms with E-state index in [1.54, 1.807) is 29.9 Å². The van der Waals surface area contributed by atoms with Gasteiger partial charge in [0.25, 0.3) is 5.91 Å². The van der Waals surface area contributed by atoms with Crippen LogP contribution in [0.1, 0.15) is 16.2 Å². The van der Waals surface area contributed by atoms with Crippen LogP contribution in [0.3, 0.4) is 0 Å². The van der Waals surface area contributed by atoms with Gasteiger partial charge in [-0.25, -0.2) is 4.39 Å². The number of aryl methyl sites for hydroxylation is 1. The van der Waals surface area contributed by atoms with Crippen molar-refractivity contribution in [3.8, 4) is 0 Å². The van der Waals surface area contributed by atoms with Crippen LogP contribution in [-0.2, 0) is 13.6 Å². The van der Waals surface area contributed by atoms with Crippen LogP contribution in [0.25, 0.3) is 10.9 Å². The molecule has 0 bridgehead atoms. The van der Waals surface area contributed by atoms with Crippen molar-refractivity contribution >= 4 is 16.8 Å². The first-order valence-electron chi connectivity index (χ1n) is 6.58. The minimum Gasteiger partial charge on any atom is -0.345 e. The van der Waals surface area contributed by atoms with Gasteiger partial charge in [-0.3, -0.25) is 9.78 Å². The molecule has 3 rings (SSSR count). The van der Waals surface area contributed by atoms with Crippen LogP contribution in [0.15, 0.2) is 48.7 Å². The van der Waals surface area contributed by atoms with E-state index in [0.29, 0.717) is 17.8 Å². The summed E-state index contributed by atoms with van der Waals surface area (Å²) in [6, 6.07) is 11.8. The van der Waals surface area contributed by atoms with Crippen molar-refractivity contribution in [1.82, 2.24) is 14.9 Å². The number of fused-ring (bicyclic) bond motifs is 1. The van der Waals surface area contributed by atoms with E-state index in [1.165, 1.54) is 12.1 Å². The summed E-state index contributed by atoms with van der Waals surface area (Å²) in [4.78, 5) is 16.4. The molecule has 0 atom stereocenters. The summed E-state index contributed by atoms with van der Waals surface area (Å²) in [5, 5.41) is 3.65. The van der Waals surface area contributed by atoms with E-state index >= 15 is 0 Å². The molecule has 3 aromatic rings. The Morgan fingerprint density at radius 3 is 2.90 bits per heavy atom. The van der Waals surface area contributed by atoms with Crippen molar-refractivity contribution in [3.05, 3.63) is 65.9 Å². The summed E-state index contributed by atoms with van der Waals surface area (Å²) < 4.78 is 15.0. The number of aromatic nitrogens is 2. The van der Waals surface area contributed by atoms with Gasteiger partial charge in [-0.1, -0.05) is 6.07 Å². The van der Waals surface area contributed by atoms with Gasteiger partial charge in [0.15, 0.2) is 0 Å². The van der Waals surface area contributed by atoms with E-state index in [1.807, 2.05) is 18.2 Å². The number of hydrogen-bond acceptors (Lipinski definition) is 2. The van der Waals surface area contributed by atoms with Crippen molar-refractivity contribution in [2.24, 2.45) is 7.05 Å². The summed E-state index contributed by atoms with van der Waals surface area (Å²) in [5.41, 5.74) is 1.97. The summed E-state index contributed by atoms with van der Waals surface area (Å²) in [6.45, 7) is 0.357. The molecule has 2 heterocycles. The fourth-order valence-corrected chi connectivity index (χ4v) is 2.29. The van der Waals surface area contributed by atoms with Crippen molar-refractivity contribution in [2.75, 3.05) is 0 Å². The zero-order valence-electron chi connectivity index (χ0n) is 11.5. The zero-order chi connectivity index (χ0) is 14.8. The average Bonchev–Trinajstić information content (AvgIpc) is 2.83. The fraction of sp³-hybridized carbons (Fsp3) is 0.125. The lowest BCUT2D eigenvalue weighted by molar-refractivity contribution is 0.0942. The Kier molecular flexibility index (Phi) is 3.39. The van der Waals surface area contributed by atoms with E-state index in [4.69, 9.17) is 0 Å². The van der Waals surface area contributed by atoms with Crippen LogP contribution in [0, 0.1) is 5.82 Å². The Morgan fingerprint density at radius 1 is 1.29 bits per heavy atom. The van der Waals surface area contributed by atoms with Gasteiger partial charge >= 0.3 is 0 Å². The molecule has 1 N–H and O–H groups in total. The summed E-state index contributed by atoms with van der Waals surface area (Å²) in [6.07, 6.45) is 1.68. The zero-order valence-corrected chi connectivity index (χ0v) is 11.5. The SMILES string of the molecule is Cn1c(C(=O)NCc2ccccn2)cc2ccc(F)cc21. The number of carbonyl (C=O) groups excluding carboxylic acids is 1. The molecule has 1 aromatic carbocycles. The van der Waals surface area contributed by atoms with Gasteiger partial charge in [0.2, 0.25) is 0 Å². The van der Waals surface area contributed by atoms with Crippen LogP contribution in [-0.4, -0.2) is 15.5 Å². The van der Waals surface area contributed by atoms with Crippen LogP contribution >= 0.6 is 0 Å². The largest absolute Gasteiger partial charge is 0.345 e. The maximum atomic E-state index is 13.3. The number of carbonyl (C=O) groups is 1. The van der Waals surface area contributed by atoms with Gasteiger partial charge < -0.3 is 9.88 Å². The van der Waals surface area contributed by atoms with Crippen LogP contribution in [0.4, 0.5) is 4.39 Å². The first-order chi connectivity index (χ1) is 10.1. The Balaban J connectivity index is 1.83. The molecule has 4 nitrogen and oxygen atoms in total. The van der Waals surface area contributed by atoms with Crippen molar-refractivity contribution < 1.29 is 9.18 Å². The summed E-state index contributed by atoms with van der Waals surface area (Å²) in [7, 11) is 1.75. The van der Waals surface area contributed by atoms with Gasteiger partial charge in [-0.05, 0) is 36.4 Å². The number of benzene rings is 1. The van der Waals surface area contributed by atoms with Crippen LogP contribution in [0.5, 0.6) is 0 Å². The number of nitrogens with one attached hydrogen (secondary N) is 1. The lowest BCUT2D eigenvalue weighted by atomic mass is 10.2. The Labute approximate surface area is 121 Å². The molecule has 1 amide bonds. The first-order valence-corrected chi connectivity index (χ1v) is 6.58. The molecule has 0 saturated heterocycles. The summed E-state index contributed by atoms with van der Waals surface area (Å²) in [5.74, 6) is -0.524. The highest BCUT2D eigenvalue weighted by molar-refractivity contribution is 5.98. The molecular formula is C16H14FN3O. The molecule has 5 heteroatoms. The number of nitrogens with zero attached hydrogens (tertiary/aromatic N) is 2. The number of pyridine rings is 1. The molecule has 0 aliphatic carbocycles. The number of rotatable bonds is 3. The van der Waals surface area contributed by atoms with Gasteiger partial charge in [0, 0.05) is 18.6 Å². The van der Waals surface area contributed by atoms with Crippen molar-refractivity contribution in [2.45, 2.75) is 6.54 Å². The third-order valence-corrected chi connectivity index (χ3v) is 3.40. The molecule has 21 heavy (non-hydrogen) atoms. The standard InChI is InChI=1S/C16H14FN3O/c1-20-14-9-12(17)6-5-11(14)8-15(20)16(21)19-10-13-4-2-3-7-18-13/h2-9H,10H2,1H3,(H,19,21). The molecule has 2 aromatic heterocycles. The Hall–Kier alpha value is -2.69. The third-order valence-electron chi connectivity index (χ3n) is 3.40. The highest BCUT2D eigenvalue weighted by Crippen LogP contribution is 2.19. The van der Waals surface area contributed by atoms with Crippen LogP contribution < -0.4 is 5.32 Å². The van der Waals surface area contributed by atoms with E-state index in [0.717, 1.165) is 11.1 Å². The Morgan fingerprint density at radius 2 is 2.14 bits per heavy atom. The number of hydrogen-bond donors (Lipinski definition) is 1. The normalized spacial score (nSPS) is 10.8. The highest BCUT2D eigenvalue weighted by atomic mass is 19.1. The second kappa shape index (κ2) is 5.36. The van der Waals surface area contributed by atoms with E-state index in [2.05, 4.69) is 10.3 Å². The monoisotopic (exact) mass is 283 g/mol. The molecule has 0 aliphatic heterocycles. The molecular weight excluding hydrogens is 269 g/mol. The van der Waals surface area contributed by atoms with E-state index in [-0.39, 0.29) is 11.7 Å². The highest BCUT2D eigenvalue weighted by Gasteiger charge is 2.13. The van der Waals surface area contributed by atoms with E-state index in [9.17, 15) is 9.18 Å². The Bertz CT molecular complexity index is 796. The average molecular weight is 283 g/mol. The maximum absolute atomic E-state index is 13.3. The lowest BCUT2D eigenvalue weighted by Crippen LogP contribution is -2.25. The molecule has 106 valence electrons. The van der Waals surface area contributed by atoms with E-state index < -0.39 is 0 Å². The quantitative estimate of drug-likeness (QED) is 0.803. The second-order valence-electron chi connectivity index (χ2n) is 4.80. The first kappa shape index (κ1) is 13.3. The predicted molar refractivity (Wildman–Crippen MR) is 78.3 cm³/mol. The maximum Gasteiger partial charge on any atom is 0.268 e. The lowest BCUT2D eigenvalue weighted by Gasteiger charge is -2.06. The number of halogens is 1. The van der Waals surface area contributed by atoms with Gasteiger partial charge in [0.05, 0.1) is 17.8 Å².